The van der Waals surface area contributed by atoms with Crippen LogP contribution in [0, 0.1) is 0 Å². The Balaban J connectivity index is 3.14. The summed E-state index contributed by atoms with van der Waals surface area (Å²) < 4.78 is 11.6. The van der Waals surface area contributed by atoms with E-state index in [9.17, 15) is 0 Å². The Morgan fingerprint density at radius 2 is 1.14 bits per heavy atom. The SMILES string of the molecule is C=CCCCCCCCCCCCCCCCCOCC(CC)OCCCC. The van der Waals surface area contributed by atoms with Gasteiger partial charge >= 0.3 is 0 Å². The van der Waals surface area contributed by atoms with E-state index < -0.39 is 0 Å². The van der Waals surface area contributed by atoms with Crippen LogP contribution < -0.4 is 0 Å². The van der Waals surface area contributed by atoms with Crippen molar-refractivity contribution in [2.45, 2.75) is 136 Å². The van der Waals surface area contributed by atoms with E-state index in [2.05, 4.69) is 20.4 Å². The number of allylic oxidation sites excluding steroid dienone is 1. The first kappa shape index (κ1) is 27.7. The van der Waals surface area contributed by atoms with Crippen LogP contribution in [0.4, 0.5) is 0 Å². The molecule has 0 fully saturated rings. The predicted molar refractivity (Wildman–Crippen MR) is 125 cm³/mol. The highest BCUT2D eigenvalue weighted by atomic mass is 16.5. The van der Waals surface area contributed by atoms with Crippen molar-refractivity contribution in [1.82, 2.24) is 0 Å². The molecule has 0 rings (SSSR count). The highest BCUT2D eigenvalue weighted by Gasteiger charge is 2.06. The zero-order chi connectivity index (χ0) is 20.5. The van der Waals surface area contributed by atoms with Crippen molar-refractivity contribution in [2.24, 2.45) is 0 Å². The molecule has 0 aliphatic rings. The fourth-order valence-corrected chi connectivity index (χ4v) is 3.51. The maximum atomic E-state index is 5.84. The summed E-state index contributed by atoms with van der Waals surface area (Å²) in [5.41, 5.74) is 0. The second kappa shape index (κ2) is 24.7. The third-order valence-corrected chi connectivity index (χ3v) is 5.56. The molecular weight excluding hydrogens is 344 g/mol. The van der Waals surface area contributed by atoms with Crippen LogP contribution in [0.2, 0.25) is 0 Å². The smallest absolute Gasteiger partial charge is 0.0805 e. The fraction of sp³-hybridized carbons (Fsp3) is 0.923. The van der Waals surface area contributed by atoms with Crippen molar-refractivity contribution >= 4 is 0 Å². The largest absolute Gasteiger partial charge is 0.379 e. The summed E-state index contributed by atoms with van der Waals surface area (Å²) in [6.07, 6.45) is 26.5. The second-order valence-electron chi connectivity index (χ2n) is 8.36. The zero-order valence-corrected chi connectivity index (χ0v) is 19.5. The average molecular weight is 397 g/mol. The third kappa shape index (κ3) is 22.0. The lowest BCUT2D eigenvalue weighted by Gasteiger charge is -2.16. The first-order chi connectivity index (χ1) is 13.8. The Bertz CT molecular complexity index is 290. The molecule has 0 amide bonds. The van der Waals surface area contributed by atoms with E-state index in [0.29, 0.717) is 6.10 Å². The molecule has 0 aliphatic heterocycles. The van der Waals surface area contributed by atoms with Crippen molar-refractivity contribution in [2.75, 3.05) is 19.8 Å². The first-order valence-electron chi connectivity index (χ1n) is 12.6. The van der Waals surface area contributed by atoms with Crippen LogP contribution in [0.1, 0.15) is 129 Å². The Kier molecular flexibility index (Phi) is 24.4. The summed E-state index contributed by atoms with van der Waals surface area (Å²) in [4.78, 5) is 0. The van der Waals surface area contributed by atoms with Gasteiger partial charge in [0.2, 0.25) is 0 Å². The lowest BCUT2D eigenvalue weighted by Crippen LogP contribution is -2.20. The molecule has 0 N–H and O–H groups in total. The number of ether oxygens (including phenoxy) is 2. The maximum Gasteiger partial charge on any atom is 0.0805 e. The molecule has 0 radical (unpaired) electrons. The van der Waals surface area contributed by atoms with Crippen LogP contribution in [-0.4, -0.2) is 25.9 Å². The molecule has 1 unspecified atom stereocenters. The van der Waals surface area contributed by atoms with Gasteiger partial charge in [0.15, 0.2) is 0 Å². The van der Waals surface area contributed by atoms with Gasteiger partial charge in [0.05, 0.1) is 12.7 Å². The molecule has 0 bridgehead atoms. The van der Waals surface area contributed by atoms with Crippen molar-refractivity contribution in [3.05, 3.63) is 12.7 Å². The standard InChI is InChI=1S/C26H52O2/c1-4-7-9-10-11-12-13-14-15-16-17-18-19-20-21-22-23-27-25-26(6-3)28-24-8-5-2/h4,26H,1,5-25H2,2-3H3. The molecule has 1 atom stereocenters. The van der Waals surface area contributed by atoms with Gasteiger partial charge in [-0.25, -0.2) is 0 Å². The Morgan fingerprint density at radius 1 is 0.643 bits per heavy atom. The number of rotatable bonds is 24. The number of hydrogen-bond acceptors (Lipinski definition) is 2. The predicted octanol–water partition coefficient (Wildman–Crippen LogP) is 8.64. The minimum Gasteiger partial charge on any atom is -0.379 e. The molecule has 28 heavy (non-hydrogen) atoms. The van der Waals surface area contributed by atoms with Gasteiger partial charge in [0.25, 0.3) is 0 Å². The van der Waals surface area contributed by atoms with Gasteiger partial charge in [-0.15, -0.1) is 6.58 Å². The summed E-state index contributed by atoms with van der Waals surface area (Å²) in [6.45, 7) is 10.7. The Hall–Kier alpha value is -0.340. The van der Waals surface area contributed by atoms with Gasteiger partial charge in [-0.05, 0) is 32.1 Å². The van der Waals surface area contributed by atoms with Crippen LogP contribution >= 0.6 is 0 Å². The number of unbranched alkanes of at least 4 members (excludes halogenated alkanes) is 15. The van der Waals surface area contributed by atoms with Crippen LogP contribution in [0.15, 0.2) is 12.7 Å². The molecular formula is C26H52O2. The van der Waals surface area contributed by atoms with Gasteiger partial charge in [-0.3, -0.25) is 0 Å². The summed E-state index contributed by atoms with van der Waals surface area (Å²) in [5, 5.41) is 0. The Labute approximate surface area is 177 Å². The Morgan fingerprint density at radius 3 is 1.61 bits per heavy atom. The van der Waals surface area contributed by atoms with E-state index in [1.165, 1.54) is 103 Å². The monoisotopic (exact) mass is 396 g/mol. The van der Waals surface area contributed by atoms with Crippen molar-refractivity contribution in [1.29, 1.82) is 0 Å². The van der Waals surface area contributed by atoms with Gasteiger partial charge in [-0.1, -0.05) is 103 Å². The normalized spacial score (nSPS) is 12.4. The zero-order valence-electron chi connectivity index (χ0n) is 19.5. The third-order valence-electron chi connectivity index (χ3n) is 5.56. The molecule has 0 saturated carbocycles. The van der Waals surface area contributed by atoms with Gasteiger partial charge in [-0.2, -0.15) is 0 Å². The molecule has 0 aromatic heterocycles. The van der Waals surface area contributed by atoms with Gasteiger partial charge < -0.3 is 9.47 Å². The van der Waals surface area contributed by atoms with Crippen molar-refractivity contribution in [3.8, 4) is 0 Å². The first-order valence-corrected chi connectivity index (χ1v) is 12.6. The quantitative estimate of drug-likeness (QED) is 0.120. The summed E-state index contributed by atoms with van der Waals surface area (Å²) >= 11 is 0. The minimum atomic E-state index is 0.295. The van der Waals surface area contributed by atoms with Crippen LogP contribution in [0.3, 0.4) is 0 Å². The van der Waals surface area contributed by atoms with Gasteiger partial charge in [0, 0.05) is 13.2 Å². The lowest BCUT2D eigenvalue weighted by molar-refractivity contribution is -0.0197. The highest BCUT2D eigenvalue weighted by molar-refractivity contribution is 4.65. The van der Waals surface area contributed by atoms with E-state index >= 15 is 0 Å². The van der Waals surface area contributed by atoms with Crippen LogP contribution in [0.25, 0.3) is 0 Å². The van der Waals surface area contributed by atoms with Crippen LogP contribution in [-0.2, 0) is 9.47 Å². The lowest BCUT2D eigenvalue weighted by atomic mass is 10.0. The topological polar surface area (TPSA) is 18.5 Å². The van der Waals surface area contributed by atoms with E-state index in [0.717, 1.165) is 32.7 Å². The summed E-state index contributed by atoms with van der Waals surface area (Å²) in [5.74, 6) is 0. The molecule has 0 aromatic carbocycles. The molecule has 168 valence electrons. The summed E-state index contributed by atoms with van der Waals surface area (Å²) in [6, 6.07) is 0. The fourth-order valence-electron chi connectivity index (χ4n) is 3.51. The van der Waals surface area contributed by atoms with Crippen LogP contribution in [0.5, 0.6) is 0 Å². The van der Waals surface area contributed by atoms with E-state index in [-0.39, 0.29) is 0 Å². The van der Waals surface area contributed by atoms with E-state index in [4.69, 9.17) is 9.47 Å². The molecule has 0 aromatic rings. The van der Waals surface area contributed by atoms with Gasteiger partial charge in [0.1, 0.15) is 0 Å². The van der Waals surface area contributed by atoms with E-state index in [1.807, 2.05) is 6.08 Å². The van der Waals surface area contributed by atoms with Crippen molar-refractivity contribution < 1.29 is 9.47 Å². The highest BCUT2D eigenvalue weighted by Crippen LogP contribution is 2.13. The molecule has 2 nitrogen and oxygen atoms in total. The second-order valence-corrected chi connectivity index (χ2v) is 8.36. The molecule has 0 saturated heterocycles. The van der Waals surface area contributed by atoms with E-state index in [1.54, 1.807) is 0 Å². The van der Waals surface area contributed by atoms with Crippen molar-refractivity contribution in [3.63, 3.8) is 0 Å². The maximum absolute atomic E-state index is 5.84. The molecule has 0 heterocycles. The molecule has 2 heteroatoms. The number of hydrogen-bond donors (Lipinski definition) is 0. The minimum absolute atomic E-state index is 0.295. The summed E-state index contributed by atoms with van der Waals surface area (Å²) in [7, 11) is 0. The molecule has 0 spiro atoms. The average Bonchev–Trinajstić information content (AvgIpc) is 2.71. The molecule has 0 aliphatic carbocycles.